The van der Waals surface area contributed by atoms with Crippen molar-refractivity contribution in [3.05, 3.63) is 146 Å². The van der Waals surface area contributed by atoms with E-state index < -0.39 is 0 Å². The highest BCUT2D eigenvalue weighted by Crippen LogP contribution is 2.31. The van der Waals surface area contributed by atoms with Crippen molar-refractivity contribution in [3.8, 4) is 28.0 Å². The summed E-state index contributed by atoms with van der Waals surface area (Å²) >= 11 is 6.92. The van der Waals surface area contributed by atoms with E-state index in [2.05, 4.69) is 149 Å². The third kappa shape index (κ3) is 9.24. The Morgan fingerprint density at radius 3 is 1.23 bits per heavy atom. The Balaban J connectivity index is 0.000000185. The molecule has 0 fully saturated rings. The Labute approximate surface area is 250 Å². The van der Waals surface area contributed by atoms with E-state index >= 15 is 0 Å². The first kappa shape index (κ1) is 30.4. The van der Waals surface area contributed by atoms with Crippen molar-refractivity contribution < 1.29 is 9.68 Å². The first-order valence-corrected chi connectivity index (χ1v) is 14.2. The molecule has 39 heavy (non-hydrogen) atoms. The van der Waals surface area contributed by atoms with Crippen molar-refractivity contribution in [2.45, 2.75) is 27.7 Å². The van der Waals surface area contributed by atoms with Gasteiger partial charge in [0, 0.05) is 8.95 Å². The minimum atomic E-state index is 0.639. The van der Waals surface area contributed by atoms with Crippen LogP contribution < -0.4 is 4.65 Å². The first-order chi connectivity index (χ1) is 18.8. The maximum atomic E-state index is 8.17. The van der Waals surface area contributed by atoms with Gasteiger partial charge in [-0.3, -0.25) is 0 Å². The molecule has 0 saturated carbocycles. The highest BCUT2D eigenvalue weighted by molar-refractivity contribution is 9.11. The van der Waals surface area contributed by atoms with Gasteiger partial charge in [-0.1, -0.05) is 123 Å². The Morgan fingerprint density at radius 2 is 0.872 bits per heavy atom. The predicted molar refractivity (Wildman–Crippen MR) is 173 cm³/mol. The number of halogens is 2. The molecule has 0 bridgehead atoms. The van der Waals surface area contributed by atoms with Crippen LogP contribution in [0.2, 0.25) is 0 Å². The second-order valence-electron chi connectivity index (χ2n) is 9.10. The van der Waals surface area contributed by atoms with Crippen molar-refractivity contribution >= 4 is 39.5 Å². The number of hydrogen-bond donors (Lipinski definition) is 1. The molecule has 0 saturated heterocycles. The quantitative estimate of drug-likeness (QED) is 0.198. The molecule has 5 heteroatoms. The highest BCUT2D eigenvalue weighted by atomic mass is 79.9. The van der Waals surface area contributed by atoms with Gasteiger partial charge in [-0.15, -0.1) is 0 Å². The molecule has 197 valence electrons. The molecule has 2 nitrogen and oxygen atoms in total. The molecule has 0 unspecified atom stereocenters. The van der Waals surface area contributed by atoms with Crippen LogP contribution in [0.4, 0.5) is 0 Å². The van der Waals surface area contributed by atoms with E-state index in [4.69, 9.17) is 5.02 Å². The zero-order chi connectivity index (χ0) is 28.2. The van der Waals surface area contributed by atoms with E-state index in [1.54, 1.807) is 12.1 Å². The van der Waals surface area contributed by atoms with E-state index in [1.807, 2.05) is 18.2 Å². The molecule has 5 aromatic carbocycles. The Morgan fingerprint density at radius 1 is 0.513 bits per heavy atom. The fourth-order valence-corrected chi connectivity index (χ4v) is 4.89. The zero-order valence-electron chi connectivity index (χ0n) is 22.7. The fraction of sp³-hybridized carbons (Fsp3) is 0.118. The molecule has 5 aromatic rings. The molecule has 1 N–H and O–H groups in total. The van der Waals surface area contributed by atoms with Gasteiger partial charge >= 0.3 is 7.69 Å². The Kier molecular flexibility index (Phi) is 12.1. The largest absolute Gasteiger partial charge is 0.569 e. The van der Waals surface area contributed by atoms with E-state index in [1.165, 1.54) is 53.5 Å². The lowest BCUT2D eigenvalue weighted by molar-refractivity contribution is 0.454. The topological polar surface area (TPSA) is 29.5 Å². The minimum absolute atomic E-state index is 0.639. The third-order valence-corrected chi connectivity index (χ3v) is 7.82. The average molecular weight is 643 g/mol. The highest BCUT2D eigenvalue weighted by Gasteiger charge is 2.07. The normalized spacial score (nSPS) is 9.92. The van der Waals surface area contributed by atoms with Crippen LogP contribution in [-0.2, 0) is 0 Å². The maximum Gasteiger partial charge on any atom is 0.569 e. The summed E-state index contributed by atoms with van der Waals surface area (Å²) in [4.78, 5) is 0. The predicted octanol–water partition coefficient (Wildman–Crippen LogP) is 10.1. The first-order valence-electron chi connectivity index (χ1n) is 12.6. The van der Waals surface area contributed by atoms with Crippen LogP contribution in [0.25, 0.3) is 22.3 Å². The zero-order valence-corrected chi connectivity index (χ0v) is 25.8. The van der Waals surface area contributed by atoms with Crippen molar-refractivity contribution in [3.63, 3.8) is 0 Å². The van der Waals surface area contributed by atoms with Crippen LogP contribution in [0.1, 0.15) is 22.3 Å². The minimum Gasteiger partial charge on any atom is -0.537 e. The molecule has 0 aliphatic rings. The molecule has 0 atom stereocenters. The average Bonchev–Trinajstić information content (AvgIpc) is 2.95. The van der Waals surface area contributed by atoms with Gasteiger partial charge in [-0.05, 0) is 96.5 Å². The molecule has 0 aromatic heterocycles. The second-order valence-corrected chi connectivity index (χ2v) is 10.8. The Hall–Kier alpha value is -3.12. The molecular formula is C34H32BBr2O2. The lowest BCUT2D eigenvalue weighted by Gasteiger charge is -2.13. The Bertz CT molecular complexity index is 1340. The van der Waals surface area contributed by atoms with Gasteiger partial charge < -0.3 is 9.68 Å². The number of para-hydroxylation sites is 1. The molecule has 0 aliphatic carbocycles. The van der Waals surface area contributed by atoms with Crippen molar-refractivity contribution in [2.75, 3.05) is 0 Å². The third-order valence-electron chi connectivity index (χ3n) is 6.11. The van der Waals surface area contributed by atoms with E-state index in [0.29, 0.717) is 13.4 Å². The monoisotopic (exact) mass is 641 g/mol. The van der Waals surface area contributed by atoms with Gasteiger partial charge in [0.05, 0.1) is 5.75 Å². The summed E-state index contributed by atoms with van der Waals surface area (Å²) in [6.45, 7) is 8.53. The smallest absolute Gasteiger partial charge is 0.537 e. The van der Waals surface area contributed by atoms with Crippen molar-refractivity contribution in [2.24, 2.45) is 0 Å². The number of hydrogen-bond acceptors (Lipinski definition) is 2. The van der Waals surface area contributed by atoms with Gasteiger partial charge in [0.2, 0.25) is 0 Å². The molecule has 0 amide bonds. The number of aryl methyl sites for hydroxylation is 4. The van der Waals surface area contributed by atoms with E-state index in [-0.39, 0.29) is 0 Å². The fourth-order valence-electron chi connectivity index (χ4n) is 3.98. The van der Waals surface area contributed by atoms with E-state index in [0.717, 1.165) is 0 Å². The lowest BCUT2D eigenvalue weighted by Crippen LogP contribution is -1.98. The molecule has 0 spiro atoms. The number of benzene rings is 5. The van der Waals surface area contributed by atoms with Crippen LogP contribution >= 0.6 is 31.9 Å². The van der Waals surface area contributed by atoms with Crippen molar-refractivity contribution in [1.82, 2.24) is 0 Å². The lowest BCUT2D eigenvalue weighted by atomic mass is 9.92. The summed E-state index contributed by atoms with van der Waals surface area (Å²) in [7, 11) is 0.662. The summed E-state index contributed by atoms with van der Waals surface area (Å²) in [6.07, 6.45) is 0. The molecule has 5 rings (SSSR count). The van der Waals surface area contributed by atoms with Crippen LogP contribution in [0.15, 0.2) is 124 Å². The molecule has 0 heterocycles. The van der Waals surface area contributed by atoms with Gasteiger partial charge in [-0.2, -0.15) is 0 Å². The summed E-state index contributed by atoms with van der Waals surface area (Å²) < 4.78 is 6.98. The summed E-state index contributed by atoms with van der Waals surface area (Å²) in [5, 5.41) is 8.17. The second kappa shape index (κ2) is 15.5. The van der Waals surface area contributed by atoms with E-state index in [9.17, 15) is 0 Å². The molecular weight excluding hydrogens is 611 g/mol. The van der Waals surface area contributed by atoms with Gasteiger partial charge in [0.25, 0.3) is 0 Å². The SMILES string of the molecule is Cc1cc(-c2ccccc2)c(C)cc1-c1ccccc1.Cc1cc(Br)c(C)cc1Br.O[B]Oc1ccccc1. The molecule has 0 aliphatic heterocycles. The standard InChI is InChI=1S/C20H18.C8H8Br2.C6H6BO2/c1-15-13-20(18-11-7-4-8-12-18)16(2)14-19(15)17-9-5-3-6-10-17;1-5-3-8(10)6(2)4-7(5)9;8-7-9-6-4-2-1-3-5-6/h3-14H,1-2H3;3-4H,1-2H3;1-5,8H. The summed E-state index contributed by atoms with van der Waals surface area (Å²) in [5.41, 5.74) is 10.4. The van der Waals surface area contributed by atoms with Crippen LogP contribution in [0, 0.1) is 27.7 Å². The van der Waals surface area contributed by atoms with Gasteiger partial charge in [-0.25, -0.2) is 0 Å². The van der Waals surface area contributed by atoms with Crippen LogP contribution in [-0.4, -0.2) is 12.7 Å². The summed E-state index contributed by atoms with van der Waals surface area (Å²) in [5.74, 6) is 0.639. The van der Waals surface area contributed by atoms with Gasteiger partial charge in [0.1, 0.15) is 0 Å². The van der Waals surface area contributed by atoms with Gasteiger partial charge in [0.15, 0.2) is 0 Å². The maximum absolute atomic E-state index is 8.17. The van der Waals surface area contributed by atoms with Crippen LogP contribution in [0.5, 0.6) is 5.75 Å². The van der Waals surface area contributed by atoms with Crippen molar-refractivity contribution in [1.29, 1.82) is 0 Å². The molecule has 1 radical (unpaired) electrons. The van der Waals surface area contributed by atoms with Crippen LogP contribution in [0.3, 0.4) is 0 Å². The number of rotatable bonds is 4. The summed E-state index contributed by atoms with van der Waals surface area (Å²) in [6, 6.07) is 39.0.